The number of carbonyl (C=O) groups excluding carboxylic acids is 1. The molecular formula is C14H26N4O. The second kappa shape index (κ2) is 8.13. The monoisotopic (exact) mass is 266 g/mol. The second-order valence-corrected chi connectivity index (χ2v) is 5.51. The molecule has 0 bridgehead atoms. The van der Waals surface area contributed by atoms with Gasteiger partial charge >= 0.3 is 0 Å². The van der Waals surface area contributed by atoms with E-state index >= 15 is 0 Å². The van der Waals surface area contributed by atoms with E-state index in [1.54, 1.807) is 11.9 Å². The molecule has 0 aliphatic carbocycles. The van der Waals surface area contributed by atoms with Gasteiger partial charge in [-0.05, 0) is 33.5 Å². The molecule has 1 aliphatic rings. The van der Waals surface area contributed by atoms with Crippen molar-refractivity contribution in [2.24, 2.45) is 0 Å². The van der Waals surface area contributed by atoms with Gasteiger partial charge in [0.2, 0.25) is 5.91 Å². The first-order valence-electron chi connectivity index (χ1n) is 7.04. The predicted octanol–water partition coefficient (Wildman–Crippen LogP) is 0.775. The number of likely N-dealkylation sites (tertiary alicyclic amines) is 1. The summed E-state index contributed by atoms with van der Waals surface area (Å²) in [6.45, 7) is 3.61. The summed E-state index contributed by atoms with van der Waals surface area (Å²) in [5, 5.41) is 8.51. The highest BCUT2D eigenvalue weighted by Gasteiger charge is 2.21. The lowest BCUT2D eigenvalue weighted by molar-refractivity contribution is -0.130. The lowest BCUT2D eigenvalue weighted by atomic mass is 10.0. The molecule has 1 heterocycles. The molecule has 0 radical (unpaired) electrons. The van der Waals surface area contributed by atoms with E-state index in [-0.39, 0.29) is 5.91 Å². The number of likely N-dealkylation sites (N-methyl/N-ethyl adjacent to an activating group) is 2. The Labute approximate surface area is 116 Å². The van der Waals surface area contributed by atoms with Gasteiger partial charge < -0.3 is 14.7 Å². The summed E-state index contributed by atoms with van der Waals surface area (Å²) in [6.07, 6.45) is 3.41. The van der Waals surface area contributed by atoms with Crippen molar-refractivity contribution in [3.63, 3.8) is 0 Å². The molecule has 1 rings (SSSR count). The minimum atomic E-state index is 0.131. The quantitative estimate of drug-likeness (QED) is 0.713. The van der Waals surface area contributed by atoms with E-state index in [9.17, 15) is 4.79 Å². The highest BCUT2D eigenvalue weighted by molar-refractivity contribution is 5.76. The molecular weight excluding hydrogens is 240 g/mol. The summed E-state index contributed by atoms with van der Waals surface area (Å²) in [5.41, 5.74) is 0. The largest absolute Gasteiger partial charge is 0.345 e. The Kier molecular flexibility index (Phi) is 6.82. The molecule has 1 saturated heterocycles. The van der Waals surface area contributed by atoms with Crippen LogP contribution in [0.4, 0.5) is 0 Å². The topological polar surface area (TPSA) is 50.6 Å². The normalized spacial score (nSPS) is 20.3. The highest BCUT2D eigenvalue weighted by Crippen LogP contribution is 2.13. The van der Waals surface area contributed by atoms with Crippen LogP contribution in [-0.4, -0.2) is 74.0 Å². The van der Waals surface area contributed by atoms with Gasteiger partial charge in [-0.3, -0.25) is 4.79 Å². The lowest BCUT2D eigenvalue weighted by Crippen LogP contribution is -2.45. The Hall–Kier alpha value is -1.12. The molecule has 1 amide bonds. The lowest BCUT2D eigenvalue weighted by Gasteiger charge is -2.36. The van der Waals surface area contributed by atoms with Crippen molar-refractivity contribution in [3.8, 4) is 6.07 Å². The molecule has 108 valence electrons. The van der Waals surface area contributed by atoms with Crippen LogP contribution in [0.15, 0.2) is 0 Å². The molecule has 1 unspecified atom stereocenters. The average Bonchev–Trinajstić information content (AvgIpc) is 2.41. The Morgan fingerprint density at radius 1 is 1.42 bits per heavy atom. The number of amides is 1. The molecule has 1 fully saturated rings. The van der Waals surface area contributed by atoms with Crippen LogP contribution in [0.25, 0.3) is 0 Å². The molecule has 0 saturated carbocycles. The van der Waals surface area contributed by atoms with E-state index in [0.29, 0.717) is 25.4 Å². The summed E-state index contributed by atoms with van der Waals surface area (Å²) in [4.78, 5) is 18.2. The Bertz CT molecular complexity index is 326. The smallest absolute Gasteiger partial charge is 0.223 e. The molecule has 0 aromatic heterocycles. The summed E-state index contributed by atoms with van der Waals surface area (Å²) in [7, 11) is 6.03. The van der Waals surface area contributed by atoms with Crippen LogP contribution in [0.2, 0.25) is 0 Å². The van der Waals surface area contributed by atoms with Crippen LogP contribution in [0.1, 0.15) is 25.7 Å². The molecule has 1 atom stereocenters. The molecule has 1 aliphatic heterocycles. The van der Waals surface area contributed by atoms with Crippen molar-refractivity contribution < 1.29 is 4.79 Å². The van der Waals surface area contributed by atoms with Gasteiger partial charge in [-0.2, -0.15) is 5.26 Å². The third kappa shape index (κ3) is 5.58. The molecule has 19 heavy (non-hydrogen) atoms. The van der Waals surface area contributed by atoms with Crippen LogP contribution >= 0.6 is 0 Å². The Balaban J connectivity index is 2.27. The third-order valence-electron chi connectivity index (χ3n) is 3.89. The number of nitrogens with zero attached hydrogens (tertiary/aromatic N) is 4. The van der Waals surface area contributed by atoms with Crippen LogP contribution < -0.4 is 0 Å². The van der Waals surface area contributed by atoms with Crippen LogP contribution in [0.5, 0.6) is 0 Å². The standard InChI is InChI=1S/C14H26N4O/c1-16-9-4-6-13(12-16)17(2)11-7-14(19)18(3)10-5-8-15/h13H,4-7,9-12H2,1-3H3. The van der Waals surface area contributed by atoms with Gasteiger partial charge in [-0.15, -0.1) is 0 Å². The molecule has 5 heteroatoms. The molecule has 0 spiro atoms. The van der Waals surface area contributed by atoms with Crippen molar-refractivity contribution in [2.75, 3.05) is 47.3 Å². The maximum atomic E-state index is 11.9. The summed E-state index contributed by atoms with van der Waals surface area (Å²) in [5.74, 6) is 0.131. The Morgan fingerprint density at radius 3 is 2.79 bits per heavy atom. The molecule has 0 aromatic carbocycles. The zero-order chi connectivity index (χ0) is 14.3. The minimum Gasteiger partial charge on any atom is -0.345 e. The van der Waals surface area contributed by atoms with Crippen molar-refractivity contribution in [1.82, 2.24) is 14.7 Å². The van der Waals surface area contributed by atoms with Crippen molar-refractivity contribution >= 4 is 5.91 Å². The van der Waals surface area contributed by atoms with Gasteiger partial charge in [0.05, 0.1) is 12.5 Å². The maximum Gasteiger partial charge on any atom is 0.223 e. The van der Waals surface area contributed by atoms with Crippen molar-refractivity contribution in [1.29, 1.82) is 5.26 Å². The van der Waals surface area contributed by atoms with E-state index in [1.807, 2.05) is 0 Å². The highest BCUT2D eigenvalue weighted by atomic mass is 16.2. The first-order valence-corrected chi connectivity index (χ1v) is 7.04. The number of nitriles is 1. The van der Waals surface area contributed by atoms with E-state index < -0.39 is 0 Å². The number of piperidine rings is 1. The summed E-state index contributed by atoms with van der Waals surface area (Å²) >= 11 is 0. The minimum absolute atomic E-state index is 0.131. The number of hydrogen-bond acceptors (Lipinski definition) is 4. The van der Waals surface area contributed by atoms with Gasteiger partial charge in [0.15, 0.2) is 0 Å². The maximum absolute atomic E-state index is 11.9. The van der Waals surface area contributed by atoms with Crippen LogP contribution in [0, 0.1) is 11.3 Å². The summed E-state index contributed by atoms with van der Waals surface area (Å²) < 4.78 is 0. The Morgan fingerprint density at radius 2 is 2.16 bits per heavy atom. The first kappa shape index (κ1) is 15.9. The second-order valence-electron chi connectivity index (χ2n) is 5.51. The number of carbonyl (C=O) groups is 1. The van der Waals surface area contributed by atoms with Crippen LogP contribution in [-0.2, 0) is 4.79 Å². The fraction of sp³-hybridized carbons (Fsp3) is 0.857. The van der Waals surface area contributed by atoms with E-state index in [0.717, 1.165) is 13.1 Å². The van der Waals surface area contributed by atoms with Gasteiger partial charge in [0, 0.05) is 39.1 Å². The van der Waals surface area contributed by atoms with E-state index in [2.05, 4.69) is 30.0 Å². The van der Waals surface area contributed by atoms with Gasteiger partial charge in [0.25, 0.3) is 0 Å². The molecule has 5 nitrogen and oxygen atoms in total. The number of rotatable bonds is 6. The van der Waals surface area contributed by atoms with Gasteiger partial charge in [-0.25, -0.2) is 0 Å². The third-order valence-corrected chi connectivity index (χ3v) is 3.89. The van der Waals surface area contributed by atoms with Crippen LogP contribution in [0.3, 0.4) is 0 Å². The van der Waals surface area contributed by atoms with Crippen molar-refractivity contribution in [3.05, 3.63) is 0 Å². The van der Waals surface area contributed by atoms with Gasteiger partial charge in [0.1, 0.15) is 0 Å². The zero-order valence-corrected chi connectivity index (χ0v) is 12.4. The predicted molar refractivity (Wildman–Crippen MR) is 75.6 cm³/mol. The average molecular weight is 266 g/mol. The fourth-order valence-corrected chi connectivity index (χ4v) is 2.49. The molecule has 0 aromatic rings. The fourth-order valence-electron chi connectivity index (χ4n) is 2.49. The first-order chi connectivity index (χ1) is 9.04. The number of hydrogen-bond donors (Lipinski definition) is 0. The van der Waals surface area contributed by atoms with Crippen molar-refractivity contribution in [2.45, 2.75) is 31.7 Å². The van der Waals surface area contributed by atoms with E-state index in [1.165, 1.54) is 19.4 Å². The van der Waals surface area contributed by atoms with Gasteiger partial charge in [-0.1, -0.05) is 0 Å². The summed E-state index contributed by atoms with van der Waals surface area (Å²) in [6, 6.07) is 2.63. The molecule has 0 N–H and O–H groups in total. The van der Waals surface area contributed by atoms with E-state index in [4.69, 9.17) is 5.26 Å². The SMILES string of the molecule is CN1CCCC(N(C)CCC(=O)N(C)CCC#N)C1. The zero-order valence-electron chi connectivity index (χ0n) is 12.4.